The first-order valence-corrected chi connectivity index (χ1v) is 8.88. The van der Waals surface area contributed by atoms with E-state index < -0.39 is 16.0 Å². The molecule has 7 heteroatoms. The summed E-state index contributed by atoms with van der Waals surface area (Å²) in [4.78, 5) is 13.5. The molecule has 0 aromatic carbocycles. The number of fused-ring (bicyclic) bond motifs is 1. The Hall–Kier alpha value is -1.34. The predicted octanol–water partition coefficient (Wildman–Crippen LogP) is 2.06. The highest BCUT2D eigenvalue weighted by Crippen LogP contribution is 2.38. The number of carboxylic acid groups (broad SMARTS) is 1. The topological polar surface area (TPSA) is 90.5 Å². The van der Waals surface area contributed by atoms with E-state index in [4.69, 9.17) is 5.11 Å². The lowest BCUT2D eigenvalue weighted by molar-refractivity contribution is 0.0691. The van der Waals surface area contributed by atoms with Crippen LogP contribution in [0.15, 0.2) is 17.2 Å². The molecule has 116 valence electrons. The summed E-state index contributed by atoms with van der Waals surface area (Å²) in [5.74, 6) is -0.689. The van der Waals surface area contributed by atoms with Gasteiger partial charge in [-0.2, -0.15) is 4.31 Å². The zero-order chi connectivity index (χ0) is 15.0. The number of carbonyl (C=O) groups is 1. The van der Waals surface area contributed by atoms with Crippen molar-refractivity contribution in [2.24, 2.45) is 5.92 Å². The molecular weight excluding hydrogens is 292 g/mol. The molecule has 2 heterocycles. The average Bonchev–Trinajstić information content (AvgIpc) is 2.97. The van der Waals surface area contributed by atoms with Crippen molar-refractivity contribution >= 4 is 16.0 Å². The van der Waals surface area contributed by atoms with E-state index in [-0.39, 0.29) is 16.6 Å². The first-order valence-electron chi connectivity index (χ1n) is 7.43. The van der Waals surface area contributed by atoms with Gasteiger partial charge in [-0.25, -0.2) is 13.2 Å². The summed E-state index contributed by atoms with van der Waals surface area (Å²) in [5, 5.41) is 8.92. The van der Waals surface area contributed by atoms with E-state index in [0.29, 0.717) is 12.5 Å². The molecule has 2 aliphatic rings. The number of nitrogens with zero attached hydrogens (tertiary/aromatic N) is 1. The fraction of sp³-hybridized carbons (Fsp3) is 0.643. The number of aromatic amines is 1. The van der Waals surface area contributed by atoms with E-state index in [0.717, 1.165) is 32.1 Å². The number of aromatic carboxylic acids is 1. The molecule has 3 rings (SSSR count). The van der Waals surface area contributed by atoms with Crippen LogP contribution in [0.25, 0.3) is 0 Å². The lowest BCUT2D eigenvalue weighted by Crippen LogP contribution is -2.49. The fourth-order valence-corrected chi connectivity index (χ4v) is 5.41. The molecule has 1 saturated carbocycles. The van der Waals surface area contributed by atoms with E-state index >= 15 is 0 Å². The smallest absolute Gasteiger partial charge is 0.352 e. The van der Waals surface area contributed by atoms with Gasteiger partial charge in [-0.15, -0.1) is 0 Å². The minimum atomic E-state index is -3.61. The summed E-state index contributed by atoms with van der Waals surface area (Å²) >= 11 is 0. The van der Waals surface area contributed by atoms with Gasteiger partial charge >= 0.3 is 5.97 Å². The van der Waals surface area contributed by atoms with Crippen molar-refractivity contribution in [3.63, 3.8) is 0 Å². The predicted molar refractivity (Wildman–Crippen MR) is 76.6 cm³/mol. The third-order valence-electron chi connectivity index (χ3n) is 4.69. The first kappa shape index (κ1) is 14.6. The minimum absolute atomic E-state index is 0.0612. The third-order valence-corrected chi connectivity index (χ3v) is 6.59. The molecule has 0 bridgehead atoms. The van der Waals surface area contributed by atoms with Crippen LogP contribution in [0.3, 0.4) is 0 Å². The van der Waals surface area contributed by atoms with E-state index in [1.807, 2.05) is 0 Å². The maximum Gasteiger partial charge on any atom is 0.352 e. The van der Waals surface area contributed by atoms with Gasteiger partial charge in [-0.1, -0.05) is 12.8 Å². The normalized spacial score (nSPS) is 27.2. The van der Waals surface area contributed by atoms with Gasteiger partial charge in [-0.3, -0.25) is 0 Å². The Kier molecular flexibility index (Phi) is 3.79. The van der Waals surface area contributed by atoms with Gasteiger partial charge in [0.2, 0.25) is 10.0 Å². The van der Waals surface area contributed by atoms with Crippen LogP contribution in [-0.4, -0.2) is 41.4 Å². The van der Waals surface area contributed by atoms with Crippen molar-refractivity contribution in [2.45, 2.75) is 49.5 Å². The number of hydrogen-bond acceptors (Lipinski definition) is 3. The molecule has 2 fully saturated rings. The van der Waals surface area contributed by atoms with Crippen LogP contribution in [0.1, 0.15) is 49.0 Å². The Morgan fingerprint density at radius 3 is 2.67 bits per heavy atom. The highest BCUT2D eigenvalue weighted by molar-refractivity contribution is 7.89. The van der Waals surface area contributed by atoms with E-state index in [1.54, 1.807) is 4.31 Å². The fourth-order valence-electron chi connectivity index (χ4n) is 3.66. The summed E-state index contributed by atoms with van der Waals surface area (Å²) in [6, 6.07) is 1.30. The number of sulfonamides is 1. The second-order valence-electron chi connectivity index (χ2n) is 5.92. The number of H-pyrrole nitrogens is 1. The Labute approximate surface area is 124 Å². The van der Waals surface area contributed by atoms with Crippen molar-refractivity contribution in [3.05, 3.63) is 18.0 Å². The van der Waals surface area contributed by atoms with E-state index in [9.17, 15) is 13.2 Å². The maximum atomic E-state index is 12.8. The summed E-state index contributed by atoms with van der Waals surface area (Å²) in [5.41, 5.74) is -0.0919. The number of piperidine rings is 1. The molecule has 1 aliphatic heterocycles. The van der Waals surface area contributed by atoms with Gasteiger partial charge in [0.15, 0.2) is 0 Å². The molecule has 1 aliphatic carbocycles. The number of rotatable bonds is 3. The van der Waals surface area contributed by atoms with Crippen molar-refractivity contribution in [1.82, 2.24) is 9.29 Å². The second kappa shape index (κ2) is 5.46. The highest BCUT2D eigenvalue weighted by Gasteiger charge is 2.40. The van der Waals surface area contributed by atoms with Crippen LogP contribution >= 0.6 is 0 Å². The van der Waals surface area contributed by atoms with Crippen LogP contribution < -0.4 is 0 Å². The lowest BCUT2D eigenvalue weighted by Gasteiger charge is -2.42. The Morgan fingerprint density at radius 1 is 1.24 bits per heavy atom. The largest absolute Gasteiger partial charge is 0.477 e. The molecule has 21 heavy (non-hydrogen) atoms. The first-order chi connectivity index (χ1) is 10.00. The number of hydrogen-bond donors (Lipinski definition) is 2. The zero-order valence-corrected chi connectivity index (χ0v) is 12.6. The quantitative estimate of drug-likeness (QED) is 0.894. The molecule has 1 aromatic rings. The van der Waals surface area contributed by atoms with Crippen LogP contribution in [0.2, 0.25) is 0 Å². The standard InChI is InChI=1S/C14H20N2O4S/c17-14(18)12-8-11(9-15-12)21(19,20)16-7-3-5-10-4-1-2-6-13(10)16/h8-10,13,15H,1-7H2,(H,17,18). The summed E-state index contributed by atoms with van der Waals surface area (Å²) in [6.45, 7) is 0.539. The molecule has 1 saturated heterocycles. The lowest BCUT2D eigenvalue weighted by atomic mass is 9.79. The monoisotopic (exact) mass is 312 g/mol. The second-order valence-corrected chi connectivity index (χ2v) is 7.81. The minimum Gasteiger partial charge on any atom is -0.477 e. The number of aromatic nitrogens is 1. The molecule has 2 atom stereocenters. The molecular formula is C14H20N2O4S. The van der Waals surface area contributed by atoms with Crippen LogP contribution in [0, 0.1) is 5.92 Å². The van der Waals surface area contributed by atoms with Crippen molar-refractivity contribution in [2.75, 3.05) is 6.54 Å². The molecule has 1 aromatic heterocycles. The van der Waals surface area contributed by atoms with Gasteiger partial charge < -0.3 is 10.1 Å². The van der Waals surface area contributed by atoms with Gasteiger partial charge in [0.1, 0.15) is 10.6 Å². The van der Waals surface area contributed by atoms with Crippen LogP contribution in [-0.2, 0) is 10.0 Å². The molecule has 6 nitrogen and oxygen atoms in total. The zero-order valence-electron chi connectivity index (χ0n) is 11.8. The summed E-state index contributed by atoms with van der Waals surface area (Å²) < 4.78 is 27.2. The summed E-state index contributed by atoms with van der Waals surface area (Å²) in [7, 11) is -3.61. The van der Waals surface area contributed by atoms with Crippen molar-refractivity contribution in [1.29, 1.82) is 0 Å². The highest BCUT2D eigenvalue weighted by atomic mass is 32.2. The Bertz CT molecular complexity index is 635. The molecule has 2 unspecified atom stereocenters. The van der Waals surface area contributed by atoms with E-state index in [1.165, 1.54) is 18.7 Å². The van der Waals surface area contributed by atoms with Crippen molar-refractivity contribution in [3.8, 4) is 0 Å². The summed E-state index contributed by atoms with van der Waals surface area (Å²) in [6.07, 6.45) is 7.54. The Balaban J connectivity index is 1.90. The van der Waals surface area contributed by atoms with Crippen LogP contribution in [0.4, 0.5) is 0 Å². The molecule has 0 spiro atoms. The van der Waals surface area contributed by atoms with Gasteiger partial charge in [0, 0.05) is 18.8 Å². The molecule has 2 N–H and O–H groups in total. The van der Waals surface area contributed by atoms with Gasteiger partial charge in [0.25, 0.3) is 0 Å². The molecule has 0 radical (unpaired) electrons. The SMILES string of the molecule is O=C(O)c1cc(S(=O)(=O)N2CCCC3CCCCC32)c[nH]1. The third kappa shape index (κ3) is 2.60. The molecule has 0 amide bonds. The van der Waals surface area contributed by atoms with E-state index in [2.05, 4.69) is 4.98 Å². The average molecular weight is 312 g/mol. The van der Waals surface area contributed by atoms with Crippen molar-refractivity contribution < 1.29 is 18.3 Å². The number of nitrogens with one attached hydrogen (secondary N) is 1. The van der Waals surface area contributed by atoms with Crippen LogP contribution in [0.5, 0.6) is 0 Å². The maximum absolute atomic E-state index is 12.8. The van der Waals surface area contributed by atoms with Gasteiger partial charge in [-0.05, 0) is 37.7 Å². The Morgan fingerprint density at radius 2 is 1.95 bits per heavy atom. The number of carboxylic acids is 1. The van der Waals surface area contributed by atoms with Gasteiger partial charge in [0.05, 0.1) is 0 Å².